The zero-order valence-corrected chi connectivity index (χ0v) is 18.2. The molecule has 0 bridgehead atoms. The van der Waals surface area contributed by atoms with Crippen molar-refractivity contribution in [3.63, 3.8) is 0 Å². The lowest BCUT2D eigenvalue weighted by atomic mass is 10.1. The molecule has 0 aliphatic heterocycles. The summed E-state index contributed by atoms with van der Waals surface area (Å²) in [5.41, 5.74) is 5.50. The van der Waals surface area contributed by atoms with Crippen molar-refractivity contribution < 1.29 is 13.6 Å². The first-order chi connectivity index (χ1) is 15.3. The molecule has 0 saturated carbocycles. The smallest absolute Gasteiger partial charge is 0.273 e. The molecule has 0 radical (unpaired) electrons. The second kappa shape index (κ2) is 10.0. The van der Waals surface area contributed by atoms with Crippen LogP contribution in [0, 0.1) is 0 Å². The maximum absolute atomic E-state index is 13.7. The van der Waals surface area contributed by atoms with E-state index in [1.165, 1.54) is 6.20 Å². The zero-order valence-electron chi connectivity index (χ0n) is 16.7. The molecule has 0 aliphatic rings. The molecule has 8 nitrogen and oxygen atoms in total. The molecule has 3 rings (SSSR count). The number of benzene rings is 1. The number of aromatic nitrogens is 3. The summed E-state index contributed by atoms with van der Waals surface area (Å²) < 4.78 is 27.3. The van der Waals surface area contributed by atoms with Crippen LogP contribution >= 0.6 is 23.2 Å². The average Bonchev–Trinajstić information content (AvgIpc) is 2.74. The van der Waals surface area contributed by atoms with Gasteiger partial charge in [0.05, 0.1) is 27.6 Å². The number of anilines is 2. The fourth-order valence-electron chi connectivity index (χ4n) is 2.98. The SMILES string of the molecule is CNCc1cncc(NC(=O)c2c(N)ncn(-c3c(Cl)cc([C@@H](F)CF)cc3Cl)c2=O)c1. The second-order valence-electron chi connectivity index (χ2n) is 6.70. The molecule has 1 atom stereocenters. The largest absolute Gasteiger partial charge is 0.383 e. The molecule has 3 aromatic rings. The van der Waals surface area contributed by atoms with Crippen LogP contribution in [0.5, 0.6) is 0 Å². The number of carbonyl (C=O) groups excluding carboxylic acids is 1. The first-order valence-electron chi connectivity index (χ1n) is 9.23. The van der Waals surface area contributed by atoms with Gasteiger partial charge in [0.2, 0.25) is 0 Å². The van der Waals surface area contributed by atoms with Crippen LogP contribution in [0.2, 0.25) is 10.0 Å². The van der Waals surface area contributed by atoms with Gasteiger partial charge in [0, 0.05) is 12.7 Å². The van der Waals surface area contributed by atoms with Crippen molar-refractivity contribution in [1.82, 2.24) is 19.9 Å². The van der Waals surface area contributed by atoms with E-state index in [0.29, 0.717) is 12.2 Å². The van der Waals surface area contributed by atoms with Gasteiger partial charge in [-0.2, -0.15) is 0 Å². The quantitative estimate of drug-likeness (QED) is 0.474. The van der Waals surface area contributed by atoms with Crippen molar-refractivity contribution in [2.24, 2.45) is 0 Å². The summed E-state index contributed by atoms with van der Waals surface area (Å²) in [5, 5.41) is 5.25. The van der Waals surface area contributed by atoms with Crippen LogP contribution in [0.15, 0.2) is 41.7 Å². The summed E-state index contributed by atoms with van der Waals surface area (Å²) >= 11 is 12.4. The maximum Gasteiger partial charge on any atom is 0.273 e. The average molecular weight is 483 g/mol. The van der Waals surface area contributed by atoms with Crippen LogP contribution in [0.4, 0.5) is 20.3 Å². The molecule has 2 aromatic heterocycles. The van der Waals surface area contributed by atoms with E-state index in [-0.39, 0.29) is 27.1 Å². The number of nitrogens with two attached hydrogens (primary N) is 1. The summed E-state index contributed by atoms with van der Waals surface area (Å²) in [6.45, 7) is -0.738. The Morgan fingerprint density at radius 1 is 1.25 bits per heavy atom. The third-order valence-electron chi connectivity index (χ3n) is 4.44. The third-order valence-corrected chi connectivity index (χ3v) is 5.02. The minimum atomic E-state index is -1.92. The molecule has 12 heteroatoms. The second-order valence-corrected chi connectivity index (χ2v) is 7.52. The van der Waals surface area contributed by atoms with Gasteiger partial charge in [-0.25, -0.2) is 13.8 Å². The van der Waals surface area contributed by atoms with Gasteiger partial charge in [0.1, 0.15) is 24.4 Å². The molecule has 0 saturated heterocycles. The highest BCUT2D eigenvalue weighted by atomic mass is 35.5. The number of nitrogen functional groups attached to an aromatic ring is 1. The Balaban J connectivity index is 2.02. The van der Waals surface area contributed by atoms with Crippen LogP contribution in [0.1, 0.15) is 27.7 Å². The highest BCUT2D eigenvalue weighted by Gasteiger charge is 2.22. The van der Waals surface area contributed by atoms with Gasteiger partial charge < -0.3 is 16.4 Å². The van der Waals surface area contributed by atoms with Crippen LogP contribution in [-0.2, 0) is 6.54 Å². The summed E-state index contributed by atoms with van der Waals surface area (Å²) in [5.74, 6) is -1.13. The highest BCUT2D eigenvalue weighted by Crippen LogP contribution is 2.33. The van der Waals surface area contributed by atoms with E-state index in [0.717, 1.165) is 28.6 Å². The van der Waals surface area contributed by atoms with Gasteiger partial charge in [-0.1, -0.05) is 23.2 Å². The van der Waals surface area contributed by atoms with E-state index in [2.05, 4.69) is 20.6 Å². The monoisotopic (exact) mass is 482 g/mol. The predicted molar refractivity (Wildman–Crippen MR) is 119 cm³/mol. The van der Waals surface area contributed by atoms with Crippen molar-refractivity contribution in [3.05, 3.63) is 74.0 Å². The first-order valence-corrected chi connectivity index (χ1v) is 9.98. The minimum Gasteiger partial charge on any atom is -0.383 e. The first kappa shape index (κ1) is 23.6. The Hall–Kier alpha value is -3.08. The Morgan fingerprint density at radius 3 is 2.56 bits per heavy atom. The maximum atomic E-state index is 13.7. The molecule has 0 aliphatic carbocycles. The number of nitrogens with one attached hydrogen (secondary N) is 2. The van der Waals surface area contributed by atoms with Crippen molar-refractivity contribution in [2.75, 3.05) is 24.8 Å². The normalized spacial score (nSPS) is 11.9. The predicted octanol–water partition coefficient (Wildman–Crippen LogP) is 3.47. The van der Waals surface area contributed by atoms with Crippen LogP contribution < -0.4 is 21.9 Å². The van der Waals surface area contributed by atoms with E-state index >= 15 is 0 Å². The number of rotatable bonds is 7. The lowest BCUT2D eigenvalue weighted by Crippen LogP contribution is -2.31. The molecule has 1 amide bonds. The number of halogens is 4. The lowest BCUT2D eigenvalue weighted by molar-refractivity contribution is 0.102. The van der Waals surface area contributed by atoms with Crippen molar-refractivity contribution in [1.29, 1.82) is 0 Å². The van der Waals surface area contributed by atoms with Gasteiger partial charge in [-0.3, -0.25) is 19.1 Å². The summed E-state index contributed by atoms with van der Waals surface area (Å²) in [6.07, 6.45) is 2.15. The van der Waals surface area contributed by atoms with E-state index in [1.54, 1.807) is 19.3 Å². The molecule has 2 heterocycles. The Labute approximate surface area is 191 Å². The number of amides is 1. The van der Waals surface area contributed by atoms with Crippen LogP contribution in [0.25, 0.3) is 5.69 Å². The number of hydrogen-bond acceptors (Lipinski definition) is 6. The number of carbonyl (C=O) groups is 1. The minimum absolute atomic E-state index is 0.0487. The number of pyridine rings is 1. The zero-order chi connectivity index (χ0) is 23.4. The standard InChI is InChI=1S/C20H18Cl2F2N6O2/c1-26-6-10-2-12(8-27-7-10)29-19(31)16-18(25)28-9-30(20(16)32)17-13(21)3-11(4-14(17)22)15(24)5-23/h2-4,7-9,15,26H,5-6,25H2,1H3,(H,29,31)/t15-/m0/s1. The number of alkyl halides is 2. The van der Waals surface area contributed by atoms with E-state index < -0.39 is 29.9 Å². The lowest BCUT2D eigenvalue weighted by Gasteiger charge is -2.15. The topological polar surface area (TPSA) is 115 Å². The van der Waals surface area contributed by atoms with Gasteiger partial charge in [-0.15, -0.1) is 0 Å². The molecule has 168 valence electrons. The Kier molecular flexibility index (Phi) is 7.39. The number of nitrogens with zero attached hydrogens (tertiary/aromatic N) is 3. The molecule has 1 aromatic carbocycles. The van der Waals surface area contributed by atoms with Crippen LogP contribution in [-0.4, -0.2) is 34.2 Å². The molecule has 0 spiro atoms. The van der Waals surface area contributed by atoms with E-state index in [4.69, 9.17) is 28.9 Å². The summed E-state index contributed by atoms with van der Waals surface area (Å²) in [7, 11) is 1.76. The van der Waals surface area contributed by atoms with Gasteiger partial charge in [0.25, 0.3) is 11.5 Å². The van der Waals surface area contributed by atoms with Crippen molar-refractivity contribution in [2.45, 2.75) is 12.7 Å². The molecule has 4 N–H and O–H groups in total. The van der Waals surface area contributed by atoms with Gasteiger partial charge >= 0.3 is 0 Å². The van der Waals surface area contributed by atoms with Gasteiger partial charge in [-0.05, 0) is 36.4 Å². The highest BCUT2D eigenvalue weighted by molar-refractivity contribution is 6.37. The molecular weight excluding hydrogens is 465 g/mol. The fourth-order valence-corrected chi connectivity index (χ4v) is 3.66. The van der Waals surface area contributed by atoms with Crippen LogP contribution in [0.3, 0.4) is 0 Å². The summed E-state index contributed by atoms with van der Waals surface area (Å²) in [6, 6.07) is 3.97. The molecule has 0 unspecified atom stereocenters. The molecule has 0 fully saturated rings. The fraction of sp³-hybridized carbons (Fsp3) is 0.200. The Morgan fingerprint density at radius 2 is 1.94 bits per heavy atom. The van der Waals surface area contributed by atoms with Gasteiger partial charge in [0.15, 0.2) is 6.17 Å². The van der Waals surface area contributed by atoms with Crippen molar-refractivity contribution >= 4 is 40.6 Å². The summed E-state index contributed by atoms with van der Waals surface area (Å²) in [4.78, 5) is 33.8. The van der Waals surface area contributed by atoms with E-state index in [9.17, 15) is 18.4 Å². The Bertz CT molecular complexity index is 1200. The number of hydrogen-bond donors (Lipinski definition) is 3. The third kappa shape index (κ3) is 4.87. The van der Waals surface area contributed by atoms with Crippen molar-refractivity contribution in [3.8, 4) is 5.69 Å². The molecular formula is C20H18Cl2F2N6O2. The molecule has 32 heavy (non-hydrogen) atoms. The van der Waals surface area contributed by atoms with E-state index in [1.807, 2.05) is 0 Å².